The SMILES string of the molecule is CCCCc1nc(-c2ncc(OCC)cn2)c(CO)n1Cc1ccc(-c2ccccc2/C(N)=N/O)cc1. The Bertz CT molecular complexity index is 1350. The molecule has 2 aromatic heterocycles. The van der Waals surface area contributed by atoms with Crippen LogP contribution in [0.1, 0.15) is 49.3 Å². The monoisotopic (exact) mass is 500 g/mol. The standard InChI is InChI=1S/C28H32N6O3/c1-3-5-10-25-32-26(28-30-15-21(16-31-28)37-4-2)24(18-35)34(25)17-19-11-13-20(14-12-19)22-8-6-7-9-23(22)27(29)33-36/h6-9,11-16,35-36H,3-5,10,17-18H2,1-2H3,(H2,29,33). The van der Waals surface area contributed by atoms with Gasteiger partial charge in [-0.3, -0.25) is 0 Å². The summed E-state index contributed by atoms with van der Waals surface area (Å²) in [6.07, 6.45) is 6.05. The largest absolute Gasteiger partial charge is 0.491 e. The van der Waals surface area contributed by atoms with Gasteiger partial charge >= 0.3 is 0 Å². The Morgan fingerprint density at radius 3 is 2.43 bits per heavy atom. The molecule has 0 saturated carbocycles. The highest BCUT2D eigenvalue weighted by molar-refractivity contribution is 6.03. The van der Waals surface area contributed by atoms with Crippen molar-refractivity contribution in [3.8, 4) is 28.4 Å². The third-order valence-corrected chi connectivity index (χ3v) is 6.12. The van der Waals surface area contributed by atoms with Crippen LogP contribution >= 0.6 is 0 Å². The molecule has 0 aliphatic heterocycles. The van der Waals surface area contributed by atoms with Crippen LogP contribution in [0.3, 0.4) is 0 Å². The zero-order valence-corrected chi connectivity index (χ0v) is 21.1. The summed E-state index contributed by atoms with van der Waals surface area (Å²) in [5.41, 5.74) is 10.7. The molecule has 0 spiro atoms. The fourth-order valence-electron chi connectivity index (χ4n) is 4.25. The molecule has 9 heteroatoms. The number of aliphatic hydroxyl groups is 1. The van der Waals surface area contributed by atoms with Gasteiger partial charge in [0.1, 0.15) is 11.5 Å². The summed E-state index contributed by atoms with van der Waals surface area (Å²) in [6, 6.07) is 15.6. The Morgan fingerprint density at radius 1 is 1.05 bits per heavy atom. The number of hydrogen-bond donors (Lipinski definition) is 3. The van der Waals surface area contributed by atoms with Crippen molar-refractivity contribution in [2.75, 3.05) is 6.61 Å². The number of rotatable bonds is 11. The van der Waals surface area contributed by atoms with E-state index in [0.717, 1.165) is 41.8 Å². The summed E-state index contributed by atoms with van der Waals surface area (Å²) in [5.74, 6) is 2.00. The average Bonchev–Trinajstić information content (AvgIpc) is 3.29. The lowest BCUT2D eigenvalue weighted by Gasteiger charge is -2.13. The number of aliphatic hydroxyl groups excluding tert-OH is 1. The van der Waals surface area contributed by atoms with Gasteiger partial charge in [-0.1, -0.05) is 67.0 Å². The van der Waals surface area contributed by atoms with Crippen LogP contribution in [0.4, 0.5) is 0 Å². The van der Waals surface area contributed by atoms with Crippen LogP contribution in [0, 0.1) is 0 Å². The van der Waals surface area contributed by atoms with Crippen molar-refractivity contribution in [2.45, 2.75) is 46.3 Å². The summed E-state index contributed by atoms with van der Waals surface area (Å²) in [6.45, 7) is 4.94. The lowest BCUT2D eigenvalue weighted by molar-refractivity contribution is 0.271. The van der Waals surface area contributed by atoms with E-state index in [2.05, 4.69) is 26.6 Å². The van der Waals surface area contributed by atoms with E-state index in [-0.39, 0.29) is 12.4 Å². The van der Waals surface area contributed by atoms with Crippen molar-refractivity contribution in [3.63, 3.8) is 0 Å². The quantitative estimate of drug-likeness (QED) is 0.120. The zero-order valence-electron chi connectivity index (χ0n) is 21.1. The van der Waals surface area contributed by atoms with E-state index >= 15 is 0 Å². The fourth-order valence-corrected chi connectivity index (χ4v) is 4.25. The molecule has 2 heterocycles. The molecule has 9 nitrogen and oxygen atoms in total. The molecule has 0 aliphatic carbocycles. The maximum atomic E-state index is 10.3. The van der Waals surface area contributed by atoms with Gasteiger partial charge < -0.3 is 25.4 Å². The molecule has 2 aromatic carbocycles. The average molecular weight is 501 g/mol. The molecular formula is C28H32N6O3. The van der Waals surface area contributed by atoms with Crippen molar-refractivity contribution in [1.29, 1.82) is 0 Å². The van der Waals surface area contributed by atoms with Crippen molar-refractivity contribution in [2.24, 2.45) is 10.9 Å². The number of hydrogen-bond acceptors (Lipinski definition) is 7. The molecule has 0 amide bonds. The Morgan fingerprint density at radius 2 is 1.78 bits per heavy atom. The van der Waals surface area contributed by atoms with Crippen LogP contribution < -0.4 is 10.5 Å². The Labute approximate surface area is 216 Å². The highest BCUT2D eigenvalue weighted by Crippen LogP contribution is 2.27. The van der Waals surface area contributed by atoms with Gasteiger partial charge in [0.2, 0.25) is 0 Å². The first-order valence-electron chi connectivity index (χ1n) is 12.4. The molecule has 0 atom stereocenters. The van der Waals surface area contributed by atoms with E-state index in [1.807, 2.05) is 55.5 Å². The van der Waals surface area contributed by atoms with Crippen LogP contribution in [0.2, 0.25) is 0 Å². The van der Waals surface area contributed by atoms with Crippen LogP contribution in [0.25, 0.3) is 22.6 Å². The minimum atomic E-state index is -0.184. The molecule has 0 bridgehead atoms. The van der Waals surface area contributed by atoms with E-state index in [9.17, 15) is 5.11 Å². The maximum Gasteiger partial charge on any atom is 0.180 e. The number of imidazole rings is 1. The number of nitrogens with zero attached hydrogens (tertiary/aromatic N) is 5. The van der Waals surface area contributed by atoms with Crippen LogP contribution in [-0.4, -0.2) is 42.3 Å². The Hall–Kier alpha value is -4.24. The first-order chi connectivity index (χ1) is 18.1. The van der Waals surface area contributed by atoms with Crippen molar-refractivity contribution in [3.05, 3.63) is 83.6 Å². The predicted molar refractivity (Wildman–Crippen MR) is 142 cm³/mol. The minimum absolute atomic E-state index is 0.0651. The number of nitrogens with two attached hydrogens (primary N) is 1. The number of amidine groups is 1. The van der Waals surface area contributed by atoms with Gasteiger partial charge in [-0.2, -0.15) is 0 Å². The molecule has 0 unspecified atom stereocenters. The predicted octanol–water partition coefficient (Wildman–Crippen LogP) is 4.38. The summed E-state index contributed by atoms with van der Waals surface area (Å²) in [4.78, 5) is 13.7. The first kappa shape index (κ1) is 25.8. The van der Waals surface area contributed by atoms with Crippen molar-refractivity contribution in [1.82, 2.24) is 19.5 Å². The summed E-state index contributed by atoms with van der Waals surface area (Å²) in [7, 11) is 0. The number of benzene rings is 2. The molecule has 4 aromatic rings. The molecule has 4 N–H and O–H groups in total. The van der Waals surface area contributed by atoms with E-state index < -0.39 is 0 Å². The highest BCUT2D eigenvalue weighted by Gasteiger charge is 2.20. The second kappa shape index (κ2) is 12.1. The second-order valence-corrected chi connectivity index (χ2v) is 8.57. The lowest BCUT2D eigenvalue weighted by atomic mass is 9.98. The highest BCUT2D eigenvalue weighted by atomic mass is 16.5. The van der Waals surface area contributed by atoms with E-state index in [1.165, 1.54) is 0 Å². The molecule has 4 rings (SSSR count). The third kappa shape index (κ3) is 5.78. The summed E-state index contributed by atoms with van der Waals surface area (Å²) < 4.78 is 7.52. The number of aromatic nitrogens is 4. The van der Waals surface area contributed by atoms with Crippen LogP contribution in [0.15, 0.2) is 66.1 Å². The maximum absolute atomic E-state index is 10.3. The molecular weight excluding hydrogens is 468 g/mol. The van der Waals surface area contributed by atoms with Gasteiger partial charge in [-0.25, -0.2) is 15.0 Å². The van der Waals surface area contributed by atoms with Gasteiger partial charge in [0.15, 0.2) is 17.4 Å². The zero-order chi connectivity index (χ0) is 26.2. The fraction of sp³-hybridized carbons (Fsp3) is 0.286. The van der Waals surface area contributed by atoms with E-state index in [1.54, 1.807) is 12.4 Å². The number of aryl methyl sites for hydroxylation is 1. The molecule has 0 saturated heterocycles. The molecule has 0 fully saturated rings. The topological polar surface area (TPSA) is 132 Å². The molecule has 37 heavy (non-hydrogen) atoms. The van der Waals surface area contributed by atoms with Crippen LogP contribution in [-0.2, 0) is 19.6 Å². The van der Waals surface area contributed by atoms with Crippen LogP contribution in [0.5, 0.6) is 5.75 Å². The minimum Gasteiger partial charge on any atom is -0.491 e. The normalized spacial score (nSPS) is 11.6. The molecule has 192 valence electrons. The van der Waals surface area contributed by atoms with Gasteiger partial charge in [-0.05, 0) is 30.0 Å². The van der Waals surface area contributed by atoms with E-state index in [0.29, 0.717) is 41.7 Å². The molecule has 0 aliphatic rings. The van der Waals surface area contributed by atoms with Gasteiger partial charge in [-0.15, -0.1) is 0 Å². The van der Waals surface area contributed by atoms with Crippen molar-refractivity contribution < 1.29 is 15.1 Å². The second-order valence-electron chi connectivity index (χ2n) is 8.57. The van der Waals surface area contributed by atoms with E-state index in [4.69, 9.17) is 20.7 Å². The first-order valence-corrected chi connectivity index (χ1v) is 12.4. The van der Waals surface area contributed by atoms with Gasteiger partial charge in [0.25, 0.3) is 0 Å². The van der Waals surface area contributed by atoms with Gasteiger partial charge in [0.05, 0.1) is 31.3 Å². The summed E-state index contributed by atoms with van der Waals surface area (Å²) in [5, 5.41) is 22.6. The number of unbranched alkanes of at least 4 members (excludes halogenated alkanes) is 1. The Kier molecular flexibility index (Phi) is 8.48. The number of oxime groups is 1. The van der Waals surface area contributed by atoms with Gasteiger partial charge in [0, 0.05) is 18.5 Å². The molecule has 0 radical (unpaired) electrons. The number of ether oxygens (including phenoxy) is 1. The lowest BCUT2D eigenvalue weighted by Crippen LogP contribution is -2.14. The Balaban J connectivity index is 1.67. The third-order valence-electron chi connectivity index (χ3n) is 6.12. The van der Waals surface area contributed by atoms with Crippen molar-refractivity contribution >= 4 is 5.84 Å². The summed E-state index contributed by atoms with van der Waals surface area (Å²) >= 11 is 0. The smallest absolute Gasteiger partial charge is 0.180 e.